The van der Waals surface area contributed by atoms with Crippen LogP contribution in [-0.2, 0) is 26.1 Å². The summed E-state index contributed by atoms with van der Waals surface area (Å²) < 4.78 is 41.3. The Morgan fingerprint density at radius 2 is 1.76 bits per heavy atom. The van der Waals surface area contributed by atoms with Crippen molar-refractivity contribution in [3.63, 3.8) is 0 Å². The topological polar surface area (TPSA) is 69.7 Å². The van der Waals surface area contributed by atoms with Gasteiger partial charge in [-0.25, -0.2) is 4.90 Å². The van der Waals surface area contributed by atoms with Crippen molar-refractivity contribution in [1.29, 1.82) is 0 Å². The number of aryl methyl sites for hydroxylation is 1. The first-order valence-electron chi connectivity index (χ1n) is 11.3. The summed E-state index contributed by atoms with van der Waals surface area (Å²) in [6.07, 6.45) is -3.40. The first kappa shape index (κ1) is 21.3. The fourth-order valence-electron chi connectivity index (χ4n) is 6.67. The highest BCUT2D eigenvalue weighted by molar-refractivity contribution is 6.26. The number of imide groups is 1. The predicted octanol–water partition coefficient (Wildman–Crippen LogP) is 3.75. The Labute approximate surface area is 193 Å². The van der Waals surface area contributed by atoms with Crippen molar-refractivity contribution >= 4 is 29.1 Å². The maximum absolute atomic E-state index is 13.9. The quantitative estimate of drug-likeness (QED) is 0.646. The largest absolute Gasteiger partial charge is 0.418 e. The van der Waals surface area contributed by atoms with Crippen LogP contribution in [0.2, 0.25) is 0 Å². The number of rotatable bonds is 1. The molecule has 6 rings (SSSR count). The van der Waals surface area contributed by atoms with Gasteiger partial charge in [-0.3, -0.25) is 19.3 Å². The van der Waals surface area contributed by atoms with E-state index in [0.717, 1.165) is 29.7 Å². The monoisotopic (exact) mass is 469 g/mol. The lowest BCUT2D eigenvalue weighted by atomic mass is 9.75. The smallest absolute Gasteiger partial charge is 0.324 e. The van der Waals surface area contributed by atoms with Gasteiger partial charge in [0.1, 0.15) is 5.54 Å². The maximum Gasteiger partial charge on any atom is 0.418 e. The van der Waals surface area contributed by atoms with E-state index in [1.165, 1.54) is 12.1 Å². The van der Waals surface area contributed by atoms with Crippen molar-refractivity contribution in [2.75, 3.05) is 16.8 Å². The molecule has 1 spiro atoms. The number of anilines is 2. The summed E-state index contributed by atoms with van der Waals surface area (Å²) in [6.45, 7) is 4.34. The van der Waals surface area contributed by atoms with Gasteiger partial charge in [0.25, 0.3) is 0 Å². The van der Waals surface area contributed by atoms with Gasteiger partial charge in [0, 0.05) is 17.3 Å². The standard InChI is InChI=1S/C25H22F3N3O3/c1-12-9-10-15-20(13(12)2)29-23(34)24(15)19-18(17-8-5-11-30(17)24)21(32)31(22(19)33)16-7-4-3-6-14(16)25(26,27)28/h3-4,6-7,9-10,17-19H,5,8,11H2,1-2H3,(H,29,34). The number of amides is 3. The van der Waals surface area contributed by atoms with E-state index in [-0.39, 0.29) is 11.9 Å². The number of carbonyl (C=O) groups is 3. The normalized spacial score (nSPS) is 30.2. The molecule has 1 N–H and O–H groups in total. The molecule has 2 aromatic rings. The number of nitrogens with zero attached hydrogens (tertiary/aromatic N) is 2. The lowest BCUT2D eigenvalue weighted by Crippen LogP contribution is -2.54. The second kappa shape index (κ2) is 6.69. The van der Waals surface area contributed by atoms with Crippen LogP contribution in [0.25, 0.3) is 0 Å². The third-order valence-corrected chi connectivity index (χ3v) is 8.15. The number of nitrogens with one attached hydrogen (secondary N) is 1. The number of halogens is 3. The summed E-state index contributed by atoms with van der Waals surface area (Å²) in [5, 5.41) is 2.95. The van der Waals surface area contributed by atoms with Gasteiger partial charge >= 0.3 is 6.18 Å². The van der Waals surface area contributed by atoms with E-state index in [2.05, 4.69) is 5.32 Å². The zero-order chi connectivity index (χ0) is 24.2. The van der Waals surface area contributed by atoms with Gasteiger partial charge < -0.3 is 5.32 Å². The van der Waals surface area contributed by atoms with E-state index in [1.807, 2.05) is 30.9 Å². The zero-order valence-corrected chi connectivity index (χ0v) is 18.6. The van der Waals surface area contributed by atoms with Crippen LogP contribution in [0.5, 0.6) is 0 Å². The van der Waals surface area contributed by atoms with E-state index in [1.54, 1.807) is 0 Å². The Morgan fingerprint density at radius 3 is 2.50 bits per heavy atom. The van der Waals surface area contributed by atoms with Crippen molar-refractivity contribution in [2.24, 2.45) is 11.8 Å². The minimum Gasteiger partial charge on any atom is -0.324 e. The molecule has 4 aliphatic rings. The summed E-state index contributed by atoms with van der Waals surface area (Å²) in [6, 6.07) is 7.93. The van der Waals surface area contributed by atoms with Crippen LogP contribution in [0.15, 0.2) is 36.4 Å². The molecule has 4 heterocycles. The van der Waals surface area contributed by atoms with Gasteiger partial charge in [0.05, 0.1) is 23.1 Å². The first-order valence-corrected chi connectivity index (χ1v) is 11.3. The maximum atomic E-state index is 13.9. The summed E-state index contributed by atoms with van der Waals surface area (Å²) in [7, 11) is 0. The van der Waals surface area contributed by atoms with Gasteiger partial charge in [-0.2, -0.15) is 13.2 Å². The van der Waals surface area contributed by atoms with E-state index < -0.39 is 46.6 Å². The Bertz CT molecular complexity index is 1290. The minimum absolute atomic E-state index is 0.386. The fourth-order valence-corrected chi connectivity index (χ4v) is 6.67. The third-order valence-electron chi connectivity index (χ3n) is 8.15. The molecular formula is C25H22F3N3O3. The highest BCUT2D eigenvalue weighted by Crippen LogP contribution is 2.61. The molecule has 4 atom stereocenters. The van der Waals surface area contributed by atoms with Gasteiger partial charge in [-0.15, -0.1) is 0 Å². The minimum atomic E-state index is -4.74. The molecule has 0 radical (unpaired) electrons. The molecule has 3 saturated heterocycles. The molecule has 3 fully saturated rings. The van der Waals surface area contributed by atoms with Crippen LogP contribution in [0, 0.1) is 25.7 Å². The highest BCUT2D eigenvalue weighted by atomic mass is 19.4. The lowest BCUT2D eigenvalue weighted by Gasteiger charge is -2.37. The van der Waals surface area contributed by atoms with Crippen LogP contribution in [0.4, 0.5) is 24.5 Å². The van der Waals surface area contributed by atoms with Crippen molar-refractivity contribution in [1.82, 2.24) is 4.90 Å². The van der Waals surface area contributed by atoms with Crippen molar-refractivity contribution in [2.45, 2.75) is 44.4 Å². The average Bonchev–Trinajstić information content (AvgIpc) is 3.49. The van der Waals surface area contributed by atoms with Crippen LogP contribution >= 0.6 is 0 Å². The van der Waals surface area contributed by atoms with Crippen LogP contribution in [-0.4, -0.2) is 35.2 Å². The van der Waals surface area contributed by atoms with Gasteiger partial charge in [-0.05, 0) is 56.5 Å². The Kier molecular flexibility index (Phi) is 4.20. The van der Waals surface area contributed by atoms with E-state index in [4.69, 9.17) is 0 Å². The number of alkyl halides is 3. The molecular weight excluding hydrogens is 447 g/mol. The van der Waals surface area contributed by atoms with Crippen LogP contribution in [0.3, 0.4) is 0 Å². The molecule has 4 unspecified atom stereocenters. The number of hydrogen-bond acceptors (Lipinski definition) is 4. The third kappa shape index (κ3) is 2.38. The molecule has 0 bridgehead atoms. The lowest BCUT2D eigenvalue weighted by molar-refractivity contribution is -0.138. The van der Waals surface area contributed by atoms with Gasteiger partial charge in [0.2, 0.25) is 17.7 Å². The average molecular weight is 469 g/mol. The number of para-hydroxylation sites is 1. The highest BCUT2D eigenvalue weighted by Gasteiger charge is 2.75. The molecule has 3 amide bonds. The van der Waals surface area contributed by atoms with E-state index in [9.17, 15) is 27.6 Å². The van der Waals surface area contributed by atoms with Crippen LogP contribution in [0.1, 0.15) is 35.1 Å². The summed E-state index contributed by atoms with van der Waals surface area (Å²) in [5.41, 5.74) is 0.178. The van der Waals surface area contributed by atoms with Crippen molar-refractivity contribution in [3.8, 4) is 0 Å². The number of benzene rings is 2. The summed E-state index contributed by atoms with van der Waals surface area (Å²) in [5.74, 6) is -3.76. The molecule has 176 valence electrons. The van der Waals surface area contributed by atoms with Gasteiger partial charge in [-0.1, -0.05) is 24.3 Å². The zero-order valence-electron chi connectivity index (χ0n) is 18.6. The van der Waals surface area contributed by atoms with Crippen molar-refractivity contribution in [3.05, 3.63) is 58.7 Å². The molecule has 34 heavy (non-hydrogen) atoms. The molecule has 9 heteroatoms. The SMILES string of the molecule is Cc1ccc2c(c1C)NC(=O)C21C2C(=O)N(c3ccccc3C(F)(F)F)C(=O)C2C2CCCN21. The Balaban J connectivity index is 1.57. The van der Waals surface area contributed by atoms with E-state index in [0.29, 0.717) is 29.1 Å². The molecule has 2 aromatic carbocycles. The van der Waals surface area contributed by atoms with Gasteiger partial charge in [0.15, 0.2) is 0 Å². The number of carbonyl (C=O) groups excluding carboxylic acids is 3. The van der Waals surface area contributed by atoms with Crippen LogP contribution < -0.4 is 10.2 Å². The second-order valence-electron chi connectivity index (χ2n) is 9.58. The molecule has 6 nitrogen and oxygen atoms in total. The molecule has 0 aromatic heterocycles. The van der Waals surface area contributed by atoms with E-state index >= 15 is 0 Å². The Hall–Kier alpha value is -3.20. The Morgan fingerprint density at radius 1 is 1.03 bits per heavy atom. The fraction of sp³-hybridized carbons (Fsp3) is 0.400. The number of hydrogen-bond donors (Lipinski definition) is 1. The molecule has 4 aliphatic heterocycles. The summed E-state index contributed by atoms with van der Waals surface area (Å²) in [4.78, 5) is 43.9. The van der Waals surface area contributed by atoms with Crippen molar-refractivity contribution < 1.29 is 27.6 Å². The molecule has 0 saturated carbocycles. The molecule has 0 aliphatic carbocycles. The predicted molar refractivity (Wildman–Crippen MR) is 117 cm³/mol. The number of fused-ring (bicyclic) bond motifs is 7. The second-order valence-corrected chi connectivity index (χ2v) is 9.58. The first-order chi connectivity index (χ1) is 16.1. The summed E-state index contributed by atoms with van der Waals surface area (Å²) >= 11 is 0.